The Kier molecular flexibility index (Phi) is 5.02. The van der Waals surface area contributed by atoms with Crippen molar-refractivity contribution in [3.05, 3.63) is 41.6 Å². The largest absolute Gasteiger partial charge is 0.486 e. The summed E-state index contributed by atoms with van der Waals surface area (Å²) < 4.78 is 16.8. The second-order valence-corrected chi connectivity index (χ2v) is 6.92. The molecule has 2 heterocycles. The summed E-state index contributed by atoms with van der Waals surface area (Å²) in [5, 5.41) is 0. The molecule has 1 aliphatic carbocycles. The van der Waals surface area contributed by atoms with Gasteiger partial charge in [-0.2, -0.15) is 0 Å². The van der Waals surface area contributed by atoms with Gasteiger partial charge in [-0.05, 0) is 30.5 Å². The normalized spacial score (nSPS) is 16.2. The lowest BCUT2D eigenvalue weighted by atomic mass is 9.83. The number of halogens is 1. The highest BCUT2D eigenvalue weighted by Gasteiger charge is 2.27. The molecule has 0 saturated heterocycles. The van der Waals surface area contributed by atoms with Crippen LogP contribution in [0, 0.1) is 0 Å². The second-order valence-electron chi connectivity index (χ2n) is 6.65. The minimum absolute atomic E-state index is 0.0683. The van der Waals surface area contributed by atoms with Crippen molar-refractivity contribution in [2.75, 3.05) is 19.1 Å². The number of alkyl halides is 1. The van der Waals surface area contributed by atoms with Gasteiger partial charge in [0.05, 0.1) is 6.54 Å². The van der Waals surface area contributed by atoms with Gasteiger partial charge in [0.1, 0.15) is 30.5 Å². The maximum absolute atomic E-state index is 12.4. The number of nitrogens with zero attached hydrogens (tertiary/aromatic N) is 2. The Balaban J connectivity index is 1.52. The van der Waals surface area contributed by atoms with Crippen LogP contribution in [0.2, 0.25) is 0 Å². The SMILES string of the molecule is O=C(CCl)N(Cc1ccc2c(c1)OCCO2)Cc1ncoc1C1CCC1. The average Bonchev–Trinajstić information content (AvgIpc) is 3.06. The van der Waals surface area contributed by atoms with Crippen LogP contribution in [0.5, 0.6) is 11.5 Å². The maximum atomic E-state index is 12.4. The first-order valence-corrected chi connectivity index (χ1v) is 9.42. The monoisotopic (exact) mass is 376 g/mol. The number of oxazole rings is 1. The molecule has 1 aromatic heterocycles. The molecule has 7 heteroatoms. The average molecular weight is 377 g/mol. The highest BCUT2D eigenvalue weighted by Crippen LogP contribution is 2.38. The zero-order valence-electron chi connectivity index (χ0n) is 14.4. The van der Waals surface area contributed by atoms with Crippen molar-refractivity contribution < 1.29 is 18.7 Å². The Morgan fingerprint density at radius 3 is 2.73 bits per heavy atom. The Hall–Kier alpha value is -2.21. The van der Waals surface area contributed by atoms with E-state index in [1.807, 2.05) is 18.2 Å². The third-order valence-corrected chi connectivity index (χ3v) is 5.16. The van der Waals surface area contributed by atoms with Gasteiger partial charge in [-0.15, -0.1) is 11.6 Å². The zero-order valence-corrected chi connectivity index (χ0v) is 15.2. The molecule has 26 heavy (non-hydrogen) atoms. The summed E-state index contributed by atoms with van der Waals surface area (Å²) in [7, 11) is 0. The van der Waals surface area contributed by atoms with E-state index in [0.717, 1.165) is 35.6 Å². The molecule has 138 valence electrons. The van der Waals surface area contributed by atoms with Crippen molar-refractivity contribution in [1.82, 2.24) is 9.88 Å². The van der Waals surface area contributed by atoms with E-state index in [9.17, 15) is 4.79 Å². The second kappa shape index (κ2) is 7.58. The van der Waals surface area contributed by atoms with Gasteiger partial charge in [0.2, 0.25) is 5.91 Å². The fraction of sp³-hybridized carbons (Fsp3) is 0.474. The van der Waals surface area contributed by atoms with E-state index < -0.39 is 0 Å². The number of carbonyl (C=O) groups excluding carboxylic acids is 1. The fourth-order valence-electron chi connectivity index (χ4n) is 3.30. The fourth-order valence-corrected chi connectivity index (χ4v) is 3.47. The van der Waals surface area contributed by atoms with Crippen LogP contribution in [0.3, 0.4) is 0 Å². The van der Waals surface area contributed by atoms with Gasteiger partial charge >= 0.3 is 0 Å². The lowest BCUT2D eigenvalue weighted by molar-refractivity contribution is -0.129. The summed E-state index contributed by atoms with van der Waals surface area (Å²) in [6.07, 6.45) is 4.92. The van der Waals surface area contributed by atoms with Gasteiger partial charge in [0, 0.05) is 12.5 Å². The number of ether oxygens (including phenoxy) is 2. The number of carbonyl (C=O) groups is 1. The molecule has 1 amide bonds. The summed E-state index contributed by atoms with van der Waals surface area (Å²) in [6.45, 7) is 1.91. The van der Waals surface area contributed by atoms with Gasteiger partial charge in [-0.3, -0.25) is 4.79 Å². The van der Waals surface area contributed by atoms with Crippen LogP contribution >= 0.6 is 11.6 Å². The third-order valence-electron chi connectivity index (χ3n) is 4.94. The van der Waals surface area contributed by atoms with E-state index in [0.29, 0.717) is 38.0 Å². The first-order chi connectivity index (χ1) is 12.7. The third kappa shape index (κ3) is 3.51. The number of aromatic nitrogens is 1. The smallest absolute Gasteiger partial charge is 0.238 e. The van der Waals surface area contributed by atoms with Crippen LogP contribution in [0.1, 0.15) is 42.2 Å². The minimum Gasteiger partial charge on any atom is -0.486 e. The quantitative estimate of drug-likeness (QED) is 0.722. The first kappa shape index (κ1) is 17.2. The molecule has 2 aromatic rings. The Labute approximate surface area is 157 Å². The molecule has 0 unspecified atom stereocenters. The summed E-state index contributed by atoms with van der Waals surface area (Å²) in [6, 6.07) is 5.74. The molecule has 6 nitrogen and oxygen atoms in total. The molecule has 1 aromatic carbocycles. The van der Waals surface area contributed by atoms with Crippen molar-refractivity contribution in [3.63, 3.8) is 0 Å². The van der Waals surface area contributed by atoms with E-state index in [1.54, 1.807) is 4.90 Å². The summed E-state index contributed by atoms with van der Waals surface area (Å²) >= 11 is 5.83. The van der Waals surface area contributed by atoms with Gasteiger partial charge in [0.25, 0.3) is 0 Å². The molecule has 2 aliphatic rings. The Morgan fingerprint density at radius 2 is 2.00 bits per heavy atom. The van der Waals surface area contributed by atoms with Gasteiger partial charge in [-0.25, -0.2) is 4.98 Å². The molecular weight excluding hydrogens is 356 g/mol. The number of hydrogen-bond acceptors (Lipinski definition) is 5. The molecule has 1 fully saturated rings. The lowest BCUT2D eigenvalue weighted by Crippen LogP contribution is -2.32. The molecule has 0 N–H and O–H groups in total. The number of fused-ring (bicyclic) bond motifs is 1. The van der Waals surface area contributed by atoms with E-state index >= 15 is 0 Å². The molecule has 0 bridgehead atoms. The summed E-state index contributed by atoms with van der Waals surface area (Å²) in [5.41, 5.74) is 1.78. The van der Waals surface area contributed by atoms with Crippen LogP contribution in [-0.4, -0.2) is 34.9 Å². The zero-order chi connectivity index (χ0) is 17.9. The predicted molar refractivity (Wildman–Crippen MR) is 95.5 cm³/mol. The van der Waals surface area contributed by atoms with Crippen molar-refractivity contribution in [2.45, 2.75) is 38.3 Å². The highest BCUT2D eigenvalue weighted by molar-refractivity contribution is 6.27. The van der Waals surface area contributed by atoms with E-state index in [-0.39, 0.29) is 11.8 Å². The summed E-state index contributed by atoms with van der Waals surface area (Å²) in [4.78, 5) is 18.4. The number of benzene rings is 1. The van der Waals surface area contributed by atoms with Crippen LogP contribution in [0.4, 0.5) is 0 Å². The lowest BCUT2D eigenvalue weighted by Gasteiger charge is -2.26. The van der Waals surface area contributed by atoms with Crippen LogP contribution in [0.25, 0.3) is 0 Å². The van der Waals surface area contributed by atoms with Crippen LogP contribution in [0.15, 0.2) is 29.0 Å². The number of rotatable bonds is 6. The molecular formula is C19H21ClN2O4. The highest BCUT2D eigenvalue weighted by atomic mass is 35.5. The topological polar surface area (TPSA) is 64.8 Å². The minimum atomic E-state index is -0.135. The van der Waals surface area contributed by atoms with Crippen LogP contribution < -0.4 is 9.47 Å². The van der Waals surface area contributed by atoms with Crippen molar-refractivity contribution in [2.24, 2.45) is 0 Å². The first-order valence-electron chi connectivity index (χ1n) is 8.89. The standard InChI is InChI=1S/C19H21ClN2O4/c20-9-18(23)22(11-15-19(26-12-21-15)14-2-1-3-14)10-13-4-5-16-17(8-13)25-7-6-24-16/h4-5,8,12,14H,1-3,6-7,9-11H2. The Bertz CT molecular complexity index is 788. The summed E-state index contributed by atoms with van der Waals surface area (Å²) in [5.74, 6) is 2.58. The molecule has 1 aliphatic heterocycles. The van der Waals surface area contributed by atoms with Gasteiger partial charge in [0.15, 0.2) is 17.9 Å². The number of hydrogen-bond donors (Lipinski definition) is 0. The Morgan fingerprint density at radius 1 is 1.19 bits per heavy atom. The number of amides is 1. The molecule has 1 saturated carbocycles. The molecule has 4 rings (SSSR count). The molecule has 0 radical (unpaired) electrons. The van der Waals surface area contributed by atoms with E-state index in [2.05, 4.69) is 4.98 Å². The van der Waals surface area contributed by atoms with E-state index in [4.69, 9.17) is 25.5 Å². The molecule has 0 atom stereocenters. The van der Waals surface area contributed by atoms with Gasteiger partial charge in [-0.1, -0.05) is 12.5 Å². The van der Waals surface area contributed by atoms with Crippen LogP contribution in [-0.2, 0) is 17.9 Å². The van der Waals surface area contributed by atoms with Crippen molar-refractivity contribution in [3.8, 4) is 11.5 Å². The van der Waals surface area contributed by atoms with E-state index in [1.165, 1.54) is 12.8 Å². The predicted octanol–water partition coefficient (Wildman–Crippen LogP) is 3.48. The van der Waals surface area contributed by atoms with Gasteiger partial charge < -0.3 is 18.8 Å². The van der Waals surface area contributed by atoms with Crippen molar-refractivity contribution >= 4 is 17.5 Å². The maximum Gasteiger partial charge on any atom is 0.238 e. The molecule has 0 spiro atoms. The van der Waals surface area contributed by atoms with Crippen molar-refractivity contribution in [1.29, 1.82) is 0 Å².